The number of anilines is 2. The molecule has 0 heterocycles. The third-order valence-electron chi connectivity index (χ3n) is 4.05. The molecule has 162 valence electrons. The predicted octanol–water partition coefficient (Wildman–Crippen LogP) is 4.21. The van der Waals surface area contributed by atoms with E-state index in [-0.39, 0.29) is 26.9 Å². The van der Waals surface area contributed by atoms with Gasteiger partial charge in [-0.15, -0.1) is 0 Å². The average Bonchev–Trinajstić information content (AvgIpc) is 2.70. The lowest BCUT2D eigenvalue weighted by molar-refractivity contribution is -0.991. The maximum absolute atomic E-state index is 12.8. The first-order valence-electron chi connectivity index (χ1n) is 8.49. The van der Waals surface area contributed by atoms with Crippen molar-refractivity contribution in [3.05, 3.63) is 86.0 Å². The van der Waals surface area contributed by atoms with E-state index >= 15 is 0 Å². The SMILES string of the molecule is O=C(Nc1ccc(Cl)cc1)c1cc(Br)ccc1NS(=O)(=O)c1ccc(Cl)c([NH+]([O-])O)c1. The number of carbonyl (C=O) groups excluding carboxylic acids is 1. The Balaban J connectivity index is 1.94. The normalized spacial score (nSPS) is 12.3. The number of hydrogen-bond donors (Lipinski definition) is 4. The summed E-state index contributed by atoms with van der Waals surface area (Å²) < 4.78 is 28.6. The lowest BCUT2D eigenvalue weighted by Crippen LogP contribution is -2.99. The van der Waals surface area contributed by atoms with E-state index in [1.807, 2.05) is 0 Å². The molecule has 0 saturated heterocycles. The van der Waals surface area contributed by atoms with Crippen LogP contribution < -0.4 is 15.3 Å². The summed E-state index contributed by atoms with van der Waals surface area (Å²) in [6.07, 6.45) is 0. The number of sulfonamides is 1. The van der Waals surface area contributed by atoms with Crippen LogP contribution in [0.25, 0.3) is 0 Å². The molecule has 1 amide bonds. The summed E-state index contributed by atoms with van der Waals surface area (Å²) >= 11 is 14.9. The van der Waals surface area contributed by atoms with E-state index in [0.717, 1.165) is 6.07 Å². The first kappa shape index (κ1) is 23.5. The van der Waals surface area contributed by atoms with E-state index in [0.29, 0.717) is 15.2 Å². The molecule has 31 heavy (non-hydrogen) atoms. The van der Waals surface area contributed by atoms with Gasteiger partial charge in [0.25, 0.3) is 15.9 Å². The van der Waals surface area contributed by atoms with Crippen LogP contribution in [0.2, 0.25) is 10.0 Å². The van der Waals surface area contributed by atoms with Crippen molar-refractivity contribution in [2.75, 3.05) is 10.0 Å². The number of quaternary nitrogens is 1. The van der Waals surface area contributed by atoms with E-state index in [9.17, 15) is 23.6 Å². The number of rotatable bonds is 6. The first-order chi connectivity index (χ1) is 14.6. The molecular formula is C19H14BrCl2N3O5S. The van der Waals surface area contributed by atoms with Crippen molar-refractivity contribution < 1.29 is 23.6 Å². The molecule has 0 aliphatic rings. The Hall–Kier alpha value is -2.18. The maximum Gasteiger partial charge on any atom is 0.262 e. The fourth-order valence-electron chi connectivity index (χ4n) is 2.56. The molecule has 1 unspecified atom stereocenters. The molecule has 0 aliphatic heterocycles. The van der Waals surface area contributed by atoms with Gasteiger partial charge in [0.2, 0.25) is 0 Å². The van der Waals surface area contributed by atoms with E-state index in [1.54, 1.807) is 30.3 Å². The van der Waals surface area contributed by atoms with E-state index in [2.05, 4.69) is 26.0 Å². The van der Waals surface area contributed by atoms with Crippen LogP contribution >= 0.6 is 39.1 Å². The summed E-state index contributed by atoms with van der Waals surface area (Å²) in [5.41, 5.74) is 0.148. The molecule has 8 nitrogen and oxygen atoms in total. The van der Waals surface area contributed by atoms with Gasteiger partial charge < -0.3 is 10.5 Å². The van der Waals surface area contributed by atoms with Crippen molar-refractivity contribution in [1.82, 2.24) is 0 Å². The first-order valence-corrected chi connectivity index (χ1v) is 11.5. The van der Waals surface area contributed by atoms with Crippen molar-refractivity contribution in [3.63, 3.8) is 0 Å². The molecule has 0 aromatic heterocycles. The predicted molar refractivity (Wildman–Crippen MR) is 122 cm³/mol. The third kappa shape index (κ3) is 5.74. The van der Waals surface area contributed by atoms with Gasteiger partial charge in [-0.25, -0.2) is 13.6 Å². The summed E-state index contributed by atoms with van der Waals surface area (Å²) in [6.45, 7) is 0. The Labute approximate surface area is 196 Å². The summed E-state index contributed by atoms with van der Waals surface area (Å²) in [5.74, 6) is -0.566. The molecule has 4 N–H and O–H groups in total. The minimum Gasteiger partial charge on any atom is -0.595 e. The van der Waals surface area contributed by atoms with E-state index in [4.69, 9.17) is 23.2 Å². The Kier molecular flexibility index (Phi) is 7.22. The Bertz CT molecular complexity index is 1240. The van der Waals surface area contributed by atoms with Crippen molar-refractivity contribution in [2.24, 2.45) is 0 Å². The van der Waals surface area contributed by atoms with Crippen LogP contribution in [0.4, 0.5) is 17.1 Å². The van der Waals surface area contributed by atoms with Gasteiger partial charge in [-0.2, -0.15) is 5.23 Å². The zero-order chi connectivity index (χ0) is 22.8. The zero-order valence-electron chi connectivity index (χ0n) is 15.4. The number of amides is 1. The second-order valence-corrected chi connectivity index (χ2v) is 9.64. The fourth-order valence-corrected chi connectivity index (χ4v) is 4.36. The maximum atomic E-state index is 12.8. The molecule has 0 spiro atoms. The van der Waals surface area contributed by atoms with Crippen molar-refractivity contribution in [3.8, 4) is 0 Å². The third-order valence-corrected chi connectivity index (χ3v) is 6.49. The summed E-state index contributed by atoms with van der Waals surface area (Å²) in [6, 6.07) is 14.1. The van der Waals surface area contributed by atoms with Gasteiger partial charge in [0.1, 0.15) is 5.02 Å². The minimum atomic E-state index is -4.22. The summed E-state index contributed by atoms with van der Waals surface area (Å²) in [5, 5.41) is 22.1. The van der Waals surface area contributed by atoms with Gasteiger partial charge in [0, 0.05) is 21.2 Å². The van der Waals surface area contributed by atoms with Gasteiger partial charge in [-0.1, -0.05) is 39.1 Å². The Morgan fingerprint density at radius 2 is 1.71 bits per heavy atom. The smallest absolute Gasteiger partial charge is 0.262 e. The molecule has 1 atom stereocenters. The second kappa shape index (κ2) is 9.53. The highest BCUT2D eigenvalue weighted by atomic mass is 79.9. The van der Waals surface area contributed by atoms with Gasteiger partial charge >= 0.3 is 0 Å². The van der Waals surface area contributed by atoms with Crippen molar-refractivity contribution in [1.29, 1.82) is 0 Å². The van der Waals surface area contributed by atoms with Crippen LogP contribution in [0.3, 0.4) is 0 Å². The lowest BCUT2D eigenvalue weighted by Gasteiger charge is -2.16. The quantitative estimate of drug-likeness (QED) is 0.345. The molecule has 0 bridgehead atoms. The van der Waals surface area contributed by atoms with Crippen LogP contribution in [0, 0.1) is 5.21 Å². The van der Waals surface area contributed by atoms with Crippen molar-refractivity contribution >= 4 is 72.1 Å². The summed E-state index contributed by atoms with van der Waals surface area (Å²) in [4.78, 5) is 12.5. The highest BCUT2D eigenvalue weighted by Gasteiger charge is 2.22. The average molecular weight is 547 g/mol. The molecule has 3 aromatic rings. The largest absolute Gasteiger partial charge is 0.595 e. The van der Waals surface area contributed by atoms with Gasteiger partial charge in [0.05, 0.1) is 16.1 Å². The van der Waals surface area contributed by atoms with Gasteiger partial charge in [0.15, 0.2) is 5.69 Å². The topological polar surface area (TPSA) is 123 Å². The molecule has 0 aliphatic carbocycles. The fraction of sp³-hybridized carbons (Fsp3) is 0. The van der Waals surface area contributed by atoms with E-state index < -0.39 is 21.2 Å². The molecule has 12 heteroatoms. The lowest BCUT2D eigenvalue weighted by atomic mass is 10.1. The number of nitrogens with one attached hydrogen (secondary N) is 3. The number of hydrogen-bond acceptors (Lipinski definition) is 5. The molecule has 3 aromatic carbocycles. The number of halogens is 3. The highest BCUT2D eigenvalue weighted by molar-refractivity contribution is 9.10. The zero-order valence-corrected chi connectivity index (χ0v) is 19.3. The Morgan fingerprint density at radius 1 is 1.03 bits per heavy atom. The van der Waals surface area contributed by atoms with E-state index in [1.165, 1.54) is 24.3 Å². The van der Waals surface area contributed by atoms with Crippen LogP contribution in [0.15, 0.2) is 70.0 Å². The highest BCUT2D eigenvalue weighted by Crippen LogP contribution is 2.27. The number of carbonyl (C=O) groups is 1. The van der Waals surface area contributed by atoms with Crippen LogP contribution in [-0.2, 0) is 10.0 Å². The molecule has 0 radical (unpaired) electrons. The molecule has 0 fully saturated rings. The van der Waals surface area contributed by atoms with Crippen molar-refractivity contribution in [2.45, 2.75) is 4.90 Å². The van der Waals surface area contributed by atoms with Gasteiger partial charge in [-0.3, -0.25) is 9.52 Å². The summed E-state index contributed by atoms with van der Waals surface area (Å²) in [7, 11) is -4.22. The number of benzene rings is 3. The Morgan fingerprint density at radius 3 is 2.35 bits per heavy atom. The second-order valence-electron chi connectivity index (χ2n) is 6.20. The van der Waals surface area contributed by atoms with Crippen LogP contribution in [0.1, 0.15) is 10.4 Å². The molecule has 0 saturated carbocycles. The molecule has 3 rings (SSSR count). The van der Waals surface area contributed by atoms with Crippen LogP contribution in [-0.4, -0.2) is 19.5 Å². The van der Waals surface area contributed by atoms with Gasteiger partial charge in [-0.05, 0) is 54.6 Å². The standard InChI is InChI=1S/C19H14BrCl2N3O5S/c20-11-1-8-17(15(9-11)19(26)23-13-4-2-12(21)3-5-13)24-31(29,30)14-6-7-16(22)18(10-14)25(27)28/h1-10,24-25,27H,(H,23,26). The minimum absolute atomic E-state index is 0.00138. The molecular weight excluding hydrogens is 533 g/mol. The monoisotopic (exact) mass is 545 g/mol. The van der Waals surface area contributed by atoms with Crippen LogP contribution in [0.5, 0.6) is 0 Å².